The van der Waals surface area contributed by atoms with Gasteiger partial charge in [0.2, 0.25) is 10.0 Å². The molecule has 0 bridgehead atoms. The highest BCUT2D eigenvalue weighted by Gasteiger charge is 2.29. The minimum atomic E-state index is -4.00. The Morgan fingerprint density at radius 2 is 1.52 bits per heavy atom. The van der Waals surface area contributed by atoms with Crippen LogP contribution < -0.4 is 9.46 Å². The molecule has 3 rings (SSSR count). The number of sulfonamides is 2. The molecule has 1 fully saturated rings. The maximum Gasteiger partial charge on any atom is 0.262 e. The van der Waals surface area contributed by atoms with Crippen molar-refractivity contribution in [3.8, 4) is 5.75 Å². The van der Waals surface area contributed by atoms with Crippen molar-refractivity contribution in [1.82, 2.24) is 4.31 Å². The third-order valence-corrected chi connectivity index (χ3v) is 9.12. The van der Waals surface area contributed by atoms with Crippen LogP contribution in [0.3, 0.4) is 0 Å². The van der Waals surface area contributed by atoms with E-state index in [1.165, 1.54) is 29.6 Å². The van der Waals surface area contributed by atoms with Gasteiger partial charge in [0.25, 0.3) is 10.0 Å². The lowest BCUT2D eigenvalue weighted by molar-refractivity contribution is 0.0730. The van der Waals surface area contributed by atoms with Gasteiger partial charge in [-0.25, -0.2) is 16.8 Å². The summed E-state index contributed by atoms with van der Waals surface area (Å²) >= 11 is 0. The number of anilines is 1. The molecular weight excluding hydrogens is 440 g/mol. The topological polar surface area (TPSA) is 102 Å². The number of hydrogen-bond donors (Lipinski definition) is 1. The highest BCUT2D eigenvalue weighted by Crippen LogP contribution is 2.33. The van der Waals surface area contributed by atoms with E-state index in [4.69, 9.17) is 9.47 Å². The zero-order chi connectivity index (χ0) is 23.0. The van der Waals surface area contributed by atoms with Crippen LogP contribution in [0.1, 0.15) is 22.3 Å². The summed E-state index contributed by atoms with van der Waals surface area (Å²) in [6, 6.07) is 6.11. The Morgan fingerprint density at radius 3 is 2.06 bits per heavy atom. The van der Waals surface area contributed by atoms with Gasteiger partial charge in [0, 0.05) is 13.1 Å². The molecule has 1 N–H and O–H groups in total. The Balaban J connectivity index is 2.06. The minimum absolute atomic E-state index is 0.0123. The molecule has 2 aromatic rings. The van der Waals surface area contributed by atoms with E-state index in [2.05, 4.69) is 4.72 Å². The van der Waals surface area contributed by atoms with E-state index in [9.17, 15) is 16.8 Å². The van der Waals surface area contributed by atoms with Crippen molar-refractivity contribution in [2.45, 2.75) is 37.5 Å². The molecule has 1 aliphatic rings. The molecule has 0 unspecified atom stereocenters. The van der Waals surface area contributed by atoms with E-state index in [0.717, 1.165) is 11.1 Å². The monoisotopic (exact) mass is 468 g/mol. The molecule has 10 heteroatoms. The number of hydrogen-bond acceptors (Lipinski definition) is 6. The predicted octanol–water partition coefficient (Wildman–Crippen LogP) is 2.75. The molecular formula is C21H28N2O6S2. The SMILES string of the molecule is COc1ccc(S(=O)(=O)N2CCOCC2)cc1NS(=O)(=O)c1c(C)c(C)cc(C)c1C. The molecule has 2 aromatic carbocycles. The first-order valence-electron chi connectivity index (χ1n) is 9.85. The van der Waals surface area contributed by atoms with Crippen LogP contribution in [0.15, 0.2) is 34.1 Å². The molecule has 0 aliphatic carbocycles. The number of rotatable bonds is 6. The van der Waals surface area contributed by atoms with Crippen molar-refractivity contribution in [3.05, 3.63) is 46.5 Å². The standard InChI is InChI=1S/C21H28N2O6S2/c1-14-12-15(2)17(4)21(16(14)3)30(24,25)22-19-13-18(6-7-20(19)28-5)31(26,27)23-8-10-29-11-9-23/h6-7,12-13,22H,8-11H2,1-5H3. The van der Waals surface area contributed by atoms with Crippen molar-refractivity contribution >= 4 is 25.7 Å². The number of aryl methyl sites for hydroxylation is 2. The molecule has 0 radical (unpaired) electrons. The molecule has 8 nitrogen and oxygen atoms in total. The normalized spacial score (nSPS) is 15.6. The van der Waals surface area contributed by atoms with Crippen LogP contribution in [0.5, 0.6) is 5.75 Å². The van der Waals surface area contributed by atoms with Gasteiger partial charge in [-0.2, -0.15) is 4.31 Å². The molecule has 0 spiro atoms. The highest BCUT2D eigenvalue weighted by molar-refractivity contribution is 7.93. The van der Waals surface area contributed by atoms with Gasteiger partial charge in [-0.15, -0.1) is 0 Å². The Kier molecular flexibility index (Phi) is 6.66. The molecule has 0 atom stereocenters. The van der Waals surface area contributed by atoms with Gasteiger partial charge < -0.3 is 9.47 Å². The number of nitrogens with zero attached hydrogens (tertiary/aromatic N) is 1. The van der Waals surface area contributed by atoms with Crippen LogP contribution in [0.2, 0.25) is 0 Å². The lowest BCUT2D eigenvalue weighted by atomic mass is 10.0. The van der Waals surface area contributed by atoms with Crippen molar-refractivity contribution in [2.75, 3.05) is 38.1 Å². The Labute approximate surface area is 184 Å². The first-order valence-corrected chi connectivity index (χ1v) is 12.8. The van der Waals surface area contributed by atoms with E-state index in [0.29, 0.717) is 24.3 Å². The summed E-state index contributed by atoms with van der Waals surface area (Å²) < 4.78 is 67.1. The molecule has 0 aromatic heterocycles. The quantitative estimate of drug-likeness (QED) is 0.699. The van der Waals surface area contributed by atoms with Gasteiger partial charge in [0.15, 0.2) is 0 Å². The van der Waals surface area contributed by atoms with E-state index in [1.807, 2.05) is 19.9 Å². The van der Waals surface area contributed by atoms with E-state index < -0.39 is 20.0 Å². The summed E-state index contributed by atoms with van der Waals surface area (Å²) in [6.07, 6.45) is 0. The molecule has 0 amide bonds. The van der Waals surface area contributed by atoms with Gasteiger partial charge >= 0.3 is 0 Å². The van der Waals surface area contributed by atoms with Crippen molar-refractivity contribution in [3.63, 3.8) is 0 Å². The molecule has 31 heavy (non-hydrogen) atoms. The second kappa shape index (κ2) is 8.78. The number of nitrogens with one attached hydrogen (secondary N) is 1. The predicted molar refractivity (Wildman–Crippen MR) is 119 cm³/mol. The minimum Gasteiger partial charge on any atom is -0.495 e. The Hall–Kier alpha value is -2.14. The van der Waals surface area contributed by atoms with Crippen molar-refractivity contribution in [2.24, 2.45) is 0 Å². The van der Waals surface area contributed by atoms with E-state index in [-0.39, 0.29) is 34.3 Å². The molecule has 1 aliphatic heterocycles. The lowest BCUT2D eigenvalue weighted by Gasteiger charge is -2.26. The molecule has 1 heterocycles. The lowest BCUT2D eigenvalue weighted by Crippen LogP contribution is -2.40. The second-order valence-corrected chi connectivity index (χ2v) is 11.1. The zero-order valence-electron chi connectivity index (χ0n) is 18.4. The zero-order valence-corrected chi connectivity index (χ0v) is 20.0. The number of benzene rings is 2. The first-order chi connectivity index (χ1) is 14.5. The van der Waals surface area contributed by atoms with Gasteiger partial charge in [0.1, 0.15) is 5.75 Å². The maximum absolute atomic E-state index is 13.3. The van der Waals surface area contributed by atoms with Gasteiger partial charge in [-0.1, -0.05) is 6.07 Å². The van der Waals surface area contributed by atoms with Gasteiger partial charge in [0.05, 0.1) is 35.8 Å². The third kappa shape index (κ3) is 4.57. The van der Waals surface area contributed by atoms with Crippen LogP contribution >= 0.6 is 0 Å². The second-order valence-electron chi connectivity index (χ2n) is 7.57. The Bertz CT molecular complexity index is 1170. The largest absolute Gasteiger partial charge is 0.495 e. The van der Waals surface area contributed by atoms with Crippen molar-refractivity contribution in [1.29, 1.82) is 0 Å². The Morgan fingerprint density at radius 1 is 0.935 bits per heavy atom. The average Bonchev–Trinajstić information content (AvgIpc) is 2.72. The van der Waals surface area contributed by atoms with Crippen LogP contribution in [0.4, 0.5) is 5.69 Å². The number of ether oxygens (including phenoxy) is 2. The third-order valence-electron chi connectivity index (χ3n) is 5.59. The number of morpholine rings is 1. The summed E-state index contributed by atoms with van der Waals surface area (Å²) in [4.78, 5) is 0.176. The summed E-state index contributed by atoms with van der Waals surface area (Å²) in [7, 11) is -6.39. The first kappa shape index (κ1) is 23.5. The van der Waals surface area contributed by atoms with Gasteiger partial charge in [-0.05, 0) is 68.1 Å². The summed E-state index contributed by atoms with van der Waals surface area (Å²) in [5.74, 6) is 0.226. The maximum atomic E-state index is 13.3. The van der Waals surface area contributed by atoms with Crippen LogP contribution in [-0.2, 0) is 24.8 Å². The smallest absolute Gasteiger partial charge is 0.262 e. The number of methoxy groups -OCH3 is 1. The molecule has 0 saturated carbocycles. The van der Waals surface area contributed by atoms with Gasteiger partial charge in [-0.3, -0.25) is 4.72 Å². The highest BCUT2D eigenvalue weighted by atomic mass is 32.2. The summed E-state index contributed by atoms with van der Waals surface area (Å²) in [5, 5.41) is 0. The molecule has 1 saturated heterocycles. The molecule has 170 valence electrons. The van der Waals surface area contributed by atoms with E-state index >= 15 is 0 Å². The summed E-state index contributed by atoms with van der Waals surface area (Å²) in [5.41, 5.74) is 3.08. The van der Waals surface area contributed by atoms with Crippen molar-refractivity contribution < 1.29 is 26.3 Å². The fourth-order valence-electron chi connectivity index (χ4n) is 3.64. The van der Waals surface area contributed by atoms with Crippen LogP contribution in [-0.4, -0.2) is 54.6 Å². The van der Waals surface area contributed by atoms with E-state index in [1.54, 1.807) is 13.8 Å². The fraction of sp³-hybridized carbons (Fsp3) is 0.429. The fourth-order valence-corrected chi connectivity index (χ4v) is 6.76. The van der Waals surface area contributed by atoms with Crippen LogP contribution in [0.25, 0.3) is 0 Å². The summed E-state index contributed by atoms with van der Waals surface area (Å²) in [6.45, 7) is 8.36. The van der Waals surface area contributed by atoms with Crippen LogP contribution in [0, 0.1) is 27.7 Å². The average molecular weight is 469 g/mol.